The van der Waals surface area contributed by atoms with Crippen LogP contribution in [0.2, 0.25) is 0 Å². The number of para-hydroxylation sites is 1. The minimum atomic E-state index is -0.476. The van der Waals surface area contributed by atoms with Crippen LogP contribution in [0.25, 0.3) is 0 Å². The zero-order chi connectivity index (χ0) is 13.4. The van der Waals surface area contributed by atoms with E-state index in [0.29, 0.717) is 13.0 Å². The maximum atomic E-state index is 13.2. The maximum Gasteiger partial charge on any atom is 0.238 e. The first kappa shape index (κ1) is 14.1. The van der Waals surface area contributed by atoms with Crippen molar-refractivity contribution in [1.29, 1.82) is 0 Å². The molecule has 0 saturated carbocycles. The fraction of sp³-hybridized carbons (Fsp3) is 0.333. The fourth-order valence-corrected chi connectivity index (χ4v) is 1.29. The molecule has 0 fully saturated rings. The summed E-state index contributed by atoms with van der Waals surface area (Å²) >= 11 is 0. The zero-order valence-electron chi connectivity index (χ0n) is 10.1. The quantitative estimate of drug-likeness (QED) is 0.646. The predicted molar refractivity (Wildman–Crippen MR) is 66.6 cm³/mol. The number of carbonyl (C=O) groups excluding carboxylic acids is 2. The highest BCUT2D eigenvalue weighted by molar-refractivity contribution is 5.92. The summed E-state index contributed by atoms with van der Waals surface area (Å²) < 4.78 is 13.2. The van der Waals surface area contributed by atoms with Gasteiger partial charge in [0, 0.05) is 20.0 Å². The first-order valence-electron chi connectivity index (χ1n) is 5.59. The largest absolute Gasteiger partial charge is 0.359 e. The zero-order valence-corrected chi connectivity index (χ0v) is 10.1. The molecule has 98 valence electrons. The Morgan fingerprint density at radius 2 is 1.94 bits per heavy atom. The van der Waals surface area contributed by atoms with E-state index >= 15 is 0 Å². The van der Waals surface area contributed by atoms with Gasteiger partial charge in [0.25, 0.3) is 0 Å². The van der Waals surface area contributed by atoms with Crippen LogP contribution >= 0.6 is 0 Å². The summed E-state index contributed by atoms with van der Waals surface area (Å²) in [4.78, 5) is 22.3. The second-order valence-electron chi connectivity index (χ2n) is 3.63. The molecular formula is C12H16FN3O2. The van der Waals surface area contributed by atoms with Crippen molar-refractivity contribution in [2.45, 2.75) is 6.42 Å². The second kappa shape index (κ2) is 7.39. The Morgan fingerprint density at radius 1 is 1.22 bits per heavy atom. The third-order valence-electron chi connectivity index (χ3n) is 2.24. The topological polar surface area (TPSA) is 70.2 Å². The fourth-order valence-electron chi connectivity index (χ4n) is 1.29. The molecule has 3 N–H and O–H groups in total. The number of amides is 2. The number of anilines is 1. The van der Waals surface area contributed by atoms with E-state index in [1.165, 1.54) is 12.1 Å². The van der Waals surface area contributed by atoms with E-state index in [1.807, 2.05) is 0 Å². The second-order valence-corrected chi connectivity index (χ2v) is 3.63. The van der Waals surface area contributed by atoms with Gasteiger partial charge < -0.3 is 16.0 Å². The number of halogens is 1. The van der Waals surface area contributed by atoms with Crippen LogP contribution in [-0.2, 0) is 9.59 Å². The molecule has 0 heterocycles. The Bertz CT molecular complexity index is 424. The van der Waals surface area contributed by atoms with E-state index in [2.05, 4.69) is 16.0 Å². The average molecular weight is 253 g/mol. The van der Waals surface area contributed by atoms with Gasteiger partial charge in [0.1, 0.15) is 5.82 Å². The molecule has 0 unspecified atom stereocenters. The van der Waals surface area contributed by atoms with Gasteiger partial charge in [0.05, 0.1) is 12.2 Å². The van der Waals surface area contributed by atoms with Crippen LogP contribution < -0.4 is 16.0 Å². The Kier molecular flexibility index (Phi) is 5.79. The molecule has 0 aliphatic rings. The van der Waals surface area contributed by atoms with E-state index in [1.54, 1.807) is 19.2 Å². The summed E-state index contributed by atoms with van der Waals surface area (Å²) in [5.74, 6) is -0.926. The van der Waals surface area contributed by atoms with E-state index in [4.69, 9.17) is 0 Å². The summed E-state index contributed by atoms with van der Waals surface area (Å²) in [5, 5.41) is 7.70. The molecule has 0 atom stereocenters. The number of hydrogen-bond acceptors (Lipinski definition) is 3. The Labute approximate surface area is 105 Å². The summed E-state index contributed by atoms with van der Waals surface area (Å²) in [6.07, 6.45) is 0.295. The minimum Gasteiger partial charge on any atom is -0.359 e. The monoisotopic (exact) mass is 253 g/mol. The highest BCUT2D eigenvalue weighted by Gasteiger charge is 2.05. The molecule has 0 aliphatic carbocycles. The van der Waals surface area contributed by atoms with E-state index in [0.717, 1.165) is 0 Å². The average Bonchev–Trinajstić information content (AvgIpc) is 2.37. The molecule has 18 heavy (non-hydrogen) atoms. The summed E-state index contributed by atoms with van der Waals surface area (Å²) in [6.45, 7) is 0.426. The molecule has 5 nitrogen and oxygen atoms in total. The predicted octanol–water partition coefficient (Wildman–Crippen LogP) is 0.490. The lowest BCUT2D eigenvalue weighted by atomic mass is 10.3. The first-order valence-corrected chi connectivity index (χ1v) is 5.59. The highest BCUT2D eigenvalue weighted by atomic mass is 19.1. The minimum absolute atomic E-state index is 0.0331. The summed E-state index contributed by atoms with van der Waals surface area (Å²) in [5.41, 5.74) is 0.149. The van der Waals surface area contributed by atoms with Gasteiger partial charge in [-0.2, -0.15) is 0 Å². The summed E-state index contributed by atoms with van der Waals surface area (Å²) in [7, 11) is 1.55. The Balaban J connectivity index is 2.26. The maximum absolute atomic E-state index is 13.2. The van der Waals surface area contributed by atoms with Crippen LogP contribution in [-0.4, -0.2) is 32.0 Å². The third-order valence-corrected chi connectivity index (χ3v) is 2.24. The molecule has 1 rings (SSSR count). The van der Waals surface area contributed by atoms with Gasteiger partial charge >= 0.3 is 0 Å². The van der Waals surface area contributed by atoms with Crippen molar-refractivity contribution in [2.75, 3.05) is 25.5 Å². The van der Waals surface area contributed by atoms with Crippen LogP contribution in [0.15, 0.2) is 24.3 Å². The standard InChI is InChI=1S/C12H16FN3O2/c1-14-11(17)6-7-15-8-12(18)16-10-5-3-2-4-9(10)13/h2-5,15H,6-8H2,1H3,(H,14,17)(H,16,18). The van der Waals surface area contributed by atoms with Crippen molar-refractivity contribution in [3.05, 3.63) is 30.1 Å². The van der Waals surface area contributed by atoms with Crippen LogP contribution in [0, 0.1) is 5.82 Å². The van der Waals surface area contributed by atoms with Crippen molar-refractivity contribution in [3.63, 3.8) is 0 Å². The van der Waals surface area contributed by atoms with Gasteiger partial charge in [-0.25, -0.2) is 4.39 Å². The molecule has 6 heteroatoms. The molecular weight excluding hydrogens is 237 g/mol. The molecule has 0 saturated heterocycles. The molecule has 1 aromatic rings. The van der Waals surface area contributed by atoms with Gasteiger partial charge in [-0.3, -0.25) is 9.59 Å². The number of rotatable bonds is 6. The first-order chi connectivity index (χ1) is 8.63. The normalized spacial score (nSPS) is 9.89. The van der Waals surface area contributed by atoms with E-state index < -0.39 is 5.82 Å². The van der Waals surface area contributed by atoms with Crippen LogP contribution in [0.4, 0.5) is 10.1 Å². The lowest BCUT2D eigenvalue weighted by Crippen LogP contribution is -2.31. The van der Waals surface area contributed by atoms with E-state index in [9.17, 15) is 14.0 Å². The van der Waals surface area contributed by atoms with Crippen LogP contribution in [0.3, 0.4) is 0 Å². The third kappa shape index (κ3) is 4.92. The van der Waals surface area contributed by atoms with Crippen molar-refractivity contribution < 1.29 is 14.0 Å². The Morgan fingerprint density at radius 3 is 2.61 bits per heavy atom. The molecule has 2 amide bonds. The lowest BCUT2D eigenvalue weighted by molar-refractivity contribution is -0.121. The van der Waals surface area contributed by atoms with Gasteiger partial charge in [-0.15, -0.1) is 0 Å². The van der Waals surface area contributed by atoms with Crippen LogP contribution in [0.1, 0.15) is 6.42 Å². The van der Waals surface area contributed by atoms with Crippen LogP contribution in [0.5, 0.6) is 0 Å². The number of nitrogens with one attached hydrogen (secondary N) is 3. The molecule has 0 aromatic heterocycles. The molecule has 0 spiro atoms. The van der Waals surface area contributed by atoms with Crippen molar-refractivity contribution in [2.24, 2.45) is 0 Å². The SMILES string of the molecule is CNC(=O)CCNCC(=O)Nc1ccccc1F. The number of hydrogen-bond donors (Lipinski definition) is 3. The molecule has 0 radical (unpaired) electrons. The van der Waals surface area contributed by atoms with Gasteiger partial charge in [-0.1, -0.05) is 12.1 Å². The smallest absolute Gasteiger partial charge is 0.238 e. The van der Waals surface area contributed by atoms with Crippen molar-refractivity contribution >= 4 is 17.5 Å². The van der Waals surface area contributed by atoms with E-state index in [-0.39, 0.29) is 24.0 Å². The van der Waals surface area contributed by atoms with Gasteiger partial charge in [-0.05, 0) is 12.1 Å². The van der Waals surface area contributed by atoms with Gasteiger partial charge in [0.2, 0.25) is 11.8 Å². The summed E-state index contributed by atoms with van der Waals surface area (Å²) in [6, 6.07) is 5.94. The molecule has 0 bridgehead atoms. The van der Waals surface area contributed by atoms with Crippen molar-refractivity contribution in [1.82, 2.24) is 10.6 Å². The molecule has 0 aliphatic heterocycles. The number of carbonyl (C=O) groups is 2. The Hall–Kier alpha value is -1.95. The van der Waals surface area contributed by atoms with Gasteiger partial charge in [0.15, 0.2) is 0 Å². The lowest BCUT2D eigenvalue weighted by Gasteiger charge is -2.07. The number of benzene rings is 1. The highest BCUT2D eigenvalue weighted by Crippen LogP contribution is 2.11. The van der Waals surface area contributed by atoms with Crippen molar-refractivity contribution in [3.8, 4) is 0 Å². The molecule has 1 aromatic carbocycles.